The molecule has 1 amide bonds. The lowest BCUT2D eigenvalue weighted by Gasteiger charge is -2.08. The maximum atomic E-state index is 13.4. The molecule has 1 N–H and O–H groups in total. The van der Waals surface area contributed by atoms with Crippen LogP contribution in [-0.4, -0.2) is 10.9 Å². The highest BCUT2D eigenvalue weighted by Gasteiger charge is 2.10. The molecule has 0 saturated carbocycles. The second kappa shape index (κ2) is 5.67. The van der Waals surface area contributed by atoms with Crippen LogP contribution in [0.15, 0.2) is 34.8 Å². The van der Waals surface area contributed by atoms with Crippen molar-refractivity contribution in [2.75, 3.05) is 5.32 Å². The summed E-state index contributed by atoms with van der Waals surface area (Å²) in [5.74, 6) is -0.891. The van der Waals surface area contributed by atoms with Gasteiger partial charge in [0.05, 0.1) is 15.9 Å². The number of amides is 1. The number of hydrogen-bond donors (Lipinski definition) is 1. The third-order valence-corrected chi connectivity index (χ3v) is 3.34. The van der Waals surface area contributed by atoms with Crippen molar-refractivity contribution in [3.63, 3.8) is 0 Å². The van der Waals surface area contributed by atoms with Crippen LogP contribution < -0.4 is 5.32 Å². The summed E-state index contributed by atoms with van der Waals surface area (Å²) in [6.45, 7) is 1.73. The van der Waals surface area contributed by atoms with Gasteiger partial charge in [-0.25, -0.2) is 9.37 Å². The maximum absolute atomic E-state index is 13.4. The minimum Gasteiger partial charge on any atom is -0.320 e. The van der Waals surface area contributed by atoms with Crippen LogP contribution in [0.5, 0.6) is 0 Å². The molecule has 2 rings (SSSR count). The number of carbonyl (C=O) groups is 1. The molecule has 6 heteroatoms. The van der Waals surface area contributed by atoms with E-state index in [0.717, 1.165) is 6.07 Å². The maximum Gasteiger partial charge on any atom is 0.255 e. The van der Waals surface area contributed by atoms with Crippen LogP contribution >= 0.6 is 27.5 Å². The molecule has 0 unspecified atom stereocenters. The fraction of sp³-hybridized carbons (Fsp3) is 0.0769. The van der Waals surface area contributed by atoms with Gasteiger partial charge in [0.25, 0.3) is 5.91 Å². The van der Waals surface area contributed by atoms with E-state index in [1.54, 1.807) is 19.1 Å². The van der Waals surface area contributed by atoms with E-state index in [-0.39, 0.29) is 5.56 Å². The zero-order valence-electron chi connectivity index (χ0n) is 9.88. The molecule has 0 fully saturated rings. The Kier molecular flexibility index (Phi) is 4.17. The lowest BCUT2D eigenvalue weighted by molar-refractivity contribution is 0.102. The lowest BCUT2D eigenvalue weighted by Crippen LogP contribution is -2.13. The largest absolute Gasteiger partial charge is 0.320 e. The highest BCUT2D eigenvalue weighted by Crippen LogP contribution is 2.19. The van der Waals surface area contributed by atoms with E-state index in [9.17, 15) is 9.18 Å². The molecule has 0 radical (unpaired) electrons. The summed E-state index contributed by atoms with van der Waals surface area (Å²) in [5.41, 5.74) is 1.37. The first-order valence-corrected chi connectivity index (χ1v) is 6.54. The van der Waals surface area contributed by atoms with Crippen molar-refractivity contribution in [2.24, 2.45) is 0 Å². The Balaban J connectivity index is 2.23. The van der Waals surface area contributed by atoms with Gasteiger partial charge in [-0.15, -0.1) is 0 Å². The quantitative estimate of drug-likeness (QED) is 0.831. The van der Waals surface area contributed by atoms with Gasteiger partial charge >= 0.3 is 0 Å². The van der Waals surface area contributed by atoms with Crippen LogP contribution in [0.1, 0.15) is 16.1 Å². The third-order valence-electron chi connectivity index (χ3n) is 2.48. The summed E-state index contributed by atoms with van der Waals surface area (Å²) >= 11 is 8.76. The number of aromatic nitrogens is 1. The molecule has 3 nitrogen and oxygen atoms in total. The van der Waals surface area contributed by atoms with E-state index in [2.05, 4.69) is 26.2 Å². The Morgan fingerprint density at radius 3 is 2.74 bits per heavy atom. The number of nitrogens with zero attached hydrogens (tertiary/aromatic N) is 1. The van der Waals surface area contributed by atoms with E-state index in [0.29, 0.717) is 21.0 Å². The minimum atomic E-state index is -0.487. The van der Waals surface area contributed by atoms with Crippen LogP contribution in [0.25, 0.3) is 0 Å². The van der Waals surface area contributed by atoms with Gasteiger partial charge in [-0.2, -0.15) is 0 Å². The van der Waals surface area contributed by atoms with Crippen LogP contribution in [-0.2, 0) is 0 Å². The molecule has 1 aromatic heterocycles. The summed E-state index contributed by atoms with van der Waals surface area (Å²) in [5, 5.41) is 3.01. The molecule has 0 bridgehead atoms. The number of halogens is 3. The molecular weight excluding hydrogens is 335 g/mol. The molecule has 1 heterocycles. The first-order chi connectivity index (χ1) is 8.97. The molecule has 19 heavy (non-hydrogen) atoms. The highest BCUT2D eigenvalue weighted by molar-refractivity contribution is 9.10. The Labute approximate surface area is 122 Å². The van der Waals surface area contributed by atoms with E-state index in [1.165, 1.54) is 12.1 Å². The van der Waals surface area contributed by atoms with Gasteiger partial charge < -0.3 is 5.32 Å². The number of rotatable bonds is 2. The lowest BCUT2D eigenvalue weighted by atomic mass is 10.2. The summed E-state index contributed by atoms with van der Waals surface area (Å²) in [4.78, 5) is 16.0. The Hall–Kier alpha value is -1.46. The van der Waals surface area contributed by atoms with Crippen LogP contribution in [0.4, 0.5) is 10.1 Å². The smallest absolute Gasteiger partial charge is 0.255 e. The SMILES string of the molecule is Cc1nc(Cl)ccc1NC(=O)c1ccc(Br)c(F)c1. The van der Waals surface area contributed by atoms with Crippen molar-refractivity contribution in [1.82, 2.24) is 4.98 Å². The van der Waals surface area contributed by atoms with Gasteiger partial charge in [0.2, 0.25) is 0 Å². The number of benzene rings is 1. The fourth-order valence-electron chi connectivity index (χ4n) is 1.49. The van der Waals surface area contributed by atoms with Crippen molar-refractivity contribution in [2.45, 2.75) is 6.92 Å². The number of pyridine rings is 1. The number of carbonyl (C=O) groups excluding carboxylic acids is 1. The summed E-state index contributed by atoms with van der Waals surface area (Å²) in [6.07, 6.45) is 0. The average molecular weight is 344 g/mol. The second-order valence-electron chi connectivity index (χ2n) is 3.85. The first-order valence-electron chi connectivity index (χ1n) is 5.37. The molecule has 0 aliphatic heterocycles. The van der Waals surface area contributed by atoms with Crippen molar-refractivity contribution < 1.29 is 9.18 Å². The molecule has 0 saturated heterocycles. The van der Waals surface area contributed by atoms with Gasteiger partial charge in [-0.1, -0.05) is 11.6 Å². The van der Waals surface area contributed by atoms with Gasteiger partial charge in [-0.05, 0) is 53.2 Å². The fourth-order valence-corrected chi connectivity index (χ4v) is 1.93. The number of aryl methyl sites for hydroxylation is 1. The Bertz CT molecular complexity index is 649. The van der Waals surface area contributed by atoms with Gasteiger partial charge in [-0.3, -0.25) is 4.79 Å². The Morgan fingerprint density at radius 2 is 2.11 bits per heavy atom. The van der Waals surface area contributed by atoms with Gasteiger partial charge in [0.1, 0.15) is 11.0 Å². The van der Waals surface area contributed by atoms with Crippen molar-refractivity contribution in [1.29, 1.82) is 0 Å². The zero-order chi connectivity index (χ0) is 14.0. The van der Waals surface area contributed by atoms with Crippen molar-refractivity contribution >= 4 is 39.1 Å². The Morgan fingerprint density at radius 1 is 1.37 bits per heavy atom. The van der Waals surface area contributed by atoms with E-state index in [1.807, 2.05) is 0 Å². The number of hydrogen-bond acceptors (Lipinski definition) is 2. The molecule has 0 aliphatic carbocycles. The third kappa shape index (κ3) is 3.30. The topological polar surface area (TPSA) is 42.0 Å². The highest BCUT2D eigenvalue weighted by atomic mass is 79.9. The van der Waals surface area contributed by atoms with E-state index < -0.39 is 11.7 Å². The standard InChI is InChI=1S/C13H9BrClFN2O/c1-7-11(4-5-12(15)17-7)18-13(19)8-2-3-9(14)10(16)6-8/h2-6H,1H3,(H,18,19). The molecule has 0 spiro atoms. The van der Waals surface area contributed by atoms with Crippen LogP contribution in [0, 0.1) is 12.7 Å². The van der Waals surface area contributed by atoms with Gasteiger partial charge in [0.15, 0.2) is 0 Å². The monoisotopic (exact) mass is 342 g/mol. The first kappa shape index (κ1) is 14.0. The molecule has 98 valence electrons. The summed E-state index contributed by atoms with van der Waals surface area (Å²) in [6, 6.07) is 7.40. The predicted molar refractivity (Wildman–Crippen MR) is 76.0 cm³/mol. The van der Waals surface area contributed by atoms with E-state index in [4.69, 9.17) is 11.6 Å². The van der Waals surface area contributed by atoms with Crippen molar-refractivity contribution in [3.05, 3.63) is 57.0 Å². The van der Waals surface area contributed by atoms with Crippen molar-refractivity contribution in [3.8, 4) is 0 Å². The number of anilines is 1. The molecular formula is C13H9BrClFN2O. The zero-order valence-corrected chi connectivity index (χ0v) is 12.2. The van der Waals surface area contributed by atoms with E-state index >= 15 is 0 Å². The minimum absolute atomic E-state index is 0.232. The normalized spacial score (nSPS) is 10.3. The molecule has 1 aromatic carbocycles. The molecule has 2 aromatic rings. The van der Waals surface area contributed by atoms with Gasteiger partial charge in [0, 0.05) is 5.56 Å². The average Bonchev–Trinajstić information content (AvgIpc) is 2.36. The summed E-state index contributed by atoms with van der Waals surface area (Å²) < 4.78 is 13.7. The second-order valence-corrected chi connectivity index (χ2v) is 5.09. The predicted octanol–water partition coefficient (Wildman–Crippen LogP) is 4.20. The van der Waals surface area contributed by atoms with Crippen LogP contribution in [0.3, 0.4) is 0 Å². The molecule has 0 atom stereocenters. The van der Waals surface area contributed by atoms with Crippen LogP contribution in [0.2, 0.25) is 5.15 Å². The number of nitrogens with one attached hydrogen (secondary N) is 1. The molecule has 0 aliphatic rings. The summed E-state index contributed by atoms with van der Waals surface area (Å²) in [7, 11) is 0.